The van der Waals surface area contributed by atoms with E-state index in [-0.39, 0.29) is 5.41 Å². The number of rotatable bonds is 3. The molecular formula is C32H40. The second-order valence-electron chi connectivity index (χ2n) is 11.8. The zero-order chi connectivity index (χ0) is 23.0. The van der Waals surface area contributed by atoms with Crippen molar-refractivity contribution < 1.29 is 0 Å². The maximum atomic E-state index is 4.21. The zero-order valence-electron chi connectivity index (χ0n) is 21.3. The van der Waals surface area contributed by atoms with Gasteiger partial charge in [-0.2, -0.15) is 0 Å². The Bertz CT molecular complexity index is 1140. The summed E-state index contributed by atoms with van der Waals surface area (Å²) < 4.78 is 0. The van der Waals surface area contributed by atoms with Gasteiger partial charge in [-0.25, -0.2) is 0 Å². The highest BCUT2D eigenvalue weighted by Gasteiger charge is 2.49. The van der Waals surface area contributed by atoms with Crippen molar-refractivity contribution in [3.63, 3.8) is 0 Å². The minimum absolute atomic E-state index is 0.204. The van der Waals surface area contributed by atoms with Gasteiger partial charge < -0.3 is 0 Å². The van der Waals surface area contributed by atoms with Gasteiger partial charge in [-0.1, -0.05) is 43.4 Å². The predicted molar refractivity (Wildman–Crippen MR) is 139 cm³/mol. The van der Waals surface area contributed by atoms with Crippen molar-refractivity contribution in [2.45, 2.75) is 97.8 Å². The van der Waals surface area contributed by atoms with E-state index in [0.29, 0.717) is 5.41 Å². The van der Waals surface area contributed by atoms with Gasteiger partial charge in [0.25, 0.3) is 0 Å². The number of allylic oxidation sites excluding steroid dienone is 3. The number of hydrogen-bond acceptors (Lipinski definition) is 0. The van der Waals surface area contributed by atoms with Crippen LogP contribution in [0, 0.1) is 40.5 Å². The van der Waals surface area contributed by atoms with E-state index in [1.807, 2.05) is 0 Å². The standard InChI is InChI=1S/C32H40/c1-19(2)28-17-32(18-28)14-12-26-15-25(9-10-29(26)32)27-11-13-31(8,16-27)30-23(6)21(4)20(3)22(5)24(30)7/h9-11,15,28H,1,12-14,16-18H2,2-8H3. The topological polar surface area (TPSA) is 0 Å². The molecule has 0 heteroatoms. The Morgan fingerprint density at radius 1 is 0.938 bits per heavy atom. The number of hydrogen-bond donors (Lipinski definition) is 0. The molecule has 1 spiro atoms. The van der Waals surface area contributed by atoms with Crippen LogP contribution in [0.5, 0.6) is 0 Å². The molecule has 2 aromatic rings. The molecular weight excluding hydrogens is 384 g/mol. The van der Waals surface area contributed by atoms with Crippen LogP contribution >= 0.6 is 0 Å². The largest absolute Gasteiger partial charge is 0.0999 e. The lowest BCUT2D eigenvalue weighted by molar-refractivity contribution is 0.171. The lowest BCUT2D eigenvalue weighted by atomic mass is 9.57. The van der Waals surface area contributed by atoms with Gasteiger partial charge in [0, 0.05) is 5.41 Å². The first kappa shape index (κ1) is 21.7. The molecule has 1 fully saturated rings. The Morgan fingerprint density at radius 3 is 2.19 bits per heavy atom. The minimum Gasteiger partial charge on any atom is -0.0999 e. The molecule has 5 rings (SSSR count). The molecule has 3 aliphatic rings. The van der Waals surface area contributed by atoms with Gasteiger partial charge in [-0.3, -0.25) is 0 Å². The third-order valence-electron chi connectivity index (χ3n) is 9.87. The van der Waals surface area contributed by atoms with Crippen molar-refractivity contribution in [2.75, 3.05) is 0 Å². The van der Waals surface area contributed by atoms with E-state index >= 15 is 0 Å². The van der Waals surface area contributed by atoms with Crippen LogP contribution in [-0.4, -0.2) is 0 Å². The highest BCUT2D eigenvalue weighted by Crippen LogP contribution is 2.57. The molecule has 0 N–H and O–H groups in total. The molecule has 0 heterocycles. The minimum atomic E-state index is 0.204. The third-order valence-corrected chi connectivity index (χ3v) is 9.87. The number of benzene rings is 2. The Morgan fingerprint density at radius 2 is 1.56 bits per heavy atom. The van der Waals surface area contributed by atoms with Gasteiger partial charge in [0.05, 0.1) is 0 Å². The average Bonchev–Trinajstić information content (AvgIpc) is 3.31. The van der Waals surface area contributed by atoms with Crippen LogP contribution in [0.1, 0.15) is 96.0 Å². The first-order chi connectivity index (χ1) is 15.1. The van der Waals surface area contributed by atoms with E-state index in [0.717, 1.165) is 18.8 Å². The molecule has 168 valence electrons. The molecule has 0 saturated heterocycles. The first-order valence-electron chi connectivity index (χ1n) is 12.6. The molecule has 0 bridgehead atoms. The highest BCUT2D eigenvalue weighted by molar-refractivity contribution is 5.72. The van der Waals surface area contributed by atoms with Crippen LogP contribution in [0.25, 0.3) is 5.57 Å². The second kappa shape index (κ2) is 7.21. The summed E-state index contributed by atoms with van der Waals surface area (Å²) in [6.07, 6.45) is 10.1. The van der Waals surface area contributed by atoms with Gasteiger partial charge in [-0.05, 0) is 147 Å². The summed E-state index contributed by atoms with van der Waals surface area (Å²) in [4.78, 5) is 0. The Labute approximate surface area is 195 Å². The smallest absolute Gasteiger partial charge is 0.000525 e. The van der Waals surface area contributed by atoms with Gasteiger partial charge in [0.15, 0.2) is 0 Å². The van der Waals surface area contributed by atoms with Crippen LogP contribution in [0.4, 0.5) is 0 Å². The lowest BCUT2D eigenvalue weighted by Crippen LogP contribution is -2.39. The molecule has 0 aromatic heterocycles. The highest BCUT2D eigenvalue weighted by atomic mass is 14.5. The molecule has 3 aliphatic carbocycles. The van der Waals surface area contributed by atoms with Crippen LogP contribution in [0.15, 0.2) is 36.4 Å². The van der Waals surface area contributed by atoms with Crippen molar-refractivity contribution >= 4 is 5.57 Å². The summed E-state index contributed by atoms with van der Waals surface area (Å²) >= 11 is 0. The van der Waals surface area contributed by atoms with Crippen LogP contribution < -0.4 is 0 Å². The number of fused-ring (bicyclic) bond motifs is 2. The monoisotopic (exact) mass is 424 g/mol. The molecule has 0 aliphatic heterocycles. The van der Waals surface area contributed by atoms with Gasteiger partial charge >= 0.3 is 0 Å². The van der Waals surface area contributed by atoms with E-state index in [1.54, 1.807) is 22.3 Å². The molecule has 2 aromatic carbocycles. The van der Waals surface area contributed by atoms with Crippen molar-refractivity contribution in [3.8, 4) is 0 Å². The molecule has 1 saturated carbocycles. The van der Waals surface area contributed by atoms with Gasteiger partial charge in [-0.15, -0.1) is 0 Å². The van der Waals surface area contributed by atoms with E-state index in [2.05, 4.69) is 79.3 Å². The third kappa shape index (κ3) is 3.01. The second-order valence-corrected chi connectivity index (χ2v) is 11.8. The lowest BCUT2D eigenvalue weighted by Gasteiger charge is -2.47. The summed E-state index contributed by atoms with van der Waals surface area (Å²) in [5.74, 6) is 0.742. The SMILES string of the molecule is C=C(C)C1CC2(CCc3cc(C4=CCC(C)(c5c(C)c(C)c(C)c(C)c5C)C4)ccc32)C1. The summed E-state index contributed by atoms with van der Waals surface area (Å²) in [6.45, 7) is 20.5. The van der Waals surface area contributed by atoms with Crippen molar-refractivity contribution in [1.82, 2.24) is 0 Å². The molecule has 0 nitrogen and oxygen atoms in total. The zero-order valence-corrected chi connectivity index (χ0v) is 21.3. The van der Waals surface area contributed by atoms with Crippen molar-refractivity contribution in [1.29, 1.82) is 0 Å². The van der Waals surface area contributed by atoms with E-state index in [4.69, 9.17) is 0 Å². The maximum absolute atomic E-state index is 4.21. The first-order valence-corrected chi connectivity index (χ1v) is 12.6. The fourth-order valence-electron chi connectivity index (χ4n) is 7.41. The molecule has 0 radical (unpaired) electrons. The van der Waals surface area contributed by atoms with Crippen molar-refractivity contribution in [3.05, 3.63) is 86.5 Å². The Kier molecular flexibility index (Phi) is 4.90. The van der Waals surface area contributed by atoms with E-state index in [1.165, 1.54) is 64.6 Å². The van der Waals surface area contributed by atoms with Gasteiger partial charge in [0.1, 0.15) is 0 Å². The summed E-state index contributed by atoms with van der Waals surface area (Å²) in [5.41, 5.74) is 17.4. The fraction of sp³-hybridized carbons (Fsp3) is 0.500. The Balaban J connectivity index is 1.42. The summed E-state index contributed by atoms with van der Waals surface area (Å²) in [7, 11) is 0. The van der Waals surface area contributed by atoms with E-state index in [9.17, 15) is 0 Å². The maximum Gasteiger partial charge on any atom is 0.000525 e. The van der Waals surface area contributed by atoms with Crippen LogP contribution in [0.2, 0.25) is 0 Å². The summed E-state index contributed by atoms with van der Waals surface area (Å²) in [5, 5.41) is 0. The fourth-order valence-corrected chi connectivity index (χ4v) is 7.41. The molecule has 0 amide bonds. The van der Waals surface area contributed by atoms with E-state index < -0.39 is 0 Å². The quantitative estimate of drug-likeness (QED) is 0.433. The Hall–Kier alpha value is -2.08. The normalized spacial score (nSPS) is 28.6. The average molecular weight is 425 g/mol. The molecule has 32 heavy (non-hydrogen) atoms. The van der Waals surface area contributed by atoms with Crippen LogP contribution in [-0.2, 0) is 17.3 Å². The van der Waals surface area contributed by atoms with Crippen molar-refractivity contribution in [2.24, 2.45) is 5.92 Å². The molecule has 1 atom stereocenters. The predicted octanol–water partition coefficient (Wildman–Crippen LogP) is 8.53. The molecule has 1 unspecified atom stereocenters. The van der Waals surface area contributed by atoms with Gasteiger partial charge in [0.2, 0.25) is 0 Å². The van der Waals surface area contributed by atoms with Crippen LogP contribution in [0.3, 0.4) is 0 Å². The summed E-state index contributed by atoms with van der Waals surface area (Å²) in [6, 6.07) is 7.46. The number of aryl methyl sites for hydroxylation is 1.